The van der Waals surface area contributed by atoms with Crippen LogP contribution in [0.15, 0.2) is 18.2 Å². The van der Waals surface area contributed by atoms with E-state index in [0.29, 0.717) is 12.0 Å². The maximum atomic E-state index is 12.3. The maximum absolute atomic E-state index is 12.3. The Hall–Kier alpha value is -2.17. The SMILES string of the molecule is CC(C)C[C@H](NC(=O)CCC(=O)c1ccc2c(c1)CCC2)C(=O)O. The summed E-state index contributed by atoms with van der Waals surface area (Å²) in [6, 6.07) is 4.86. The summed E-state index contributed by atoms with van der Waals surface area (Å²) in [6.07, 6.45) is 3.68. The lowest BCUT2D eigenvalue weighted by Crippen LogP contribution is -2.41. The summed E-state index contributed by atoms with van der Waals surface area (Å²) in [7, 11) is 0. The number of ketones is 1. The first-order chi connectivity index (χ1) is 11.4. The van der Waals surface area contributed by atoms with Gasteiger partial charge in [-0.1, -0.05) is 26.0 Å². The molecule has 1 amide bonds. The van der Waals surface area contributed by atoms with Crippen LogP contribution in [0.25, 0.3) is 0 Å². The fraction of sp³-hybridized carbons (Fsp3) is 0.526. The Balaban J connectivity index is 1.86. The minimum absolute atomic E-state index is 0.0117. The first-order valence-corrected chi connectivity index (χ1v) is 8.54. The van der Waals surface area contributed by atoms with E-state index in [2.05, 4.69) is 5.32 Å². The van der Waals surface area contributed by atoms with Crippen LogP contribution in [-0.2, 0) is 22.4 Å². The largest absolute Gasteiger partial charge is 0.480 e. The zero-order valence-electron chi connectivity index (χ0n) is 14.3. The van der Waals surface area contributed by atoms with Gasteiger partial charge >= 0.3 is 5.97 Å². The highest BCUT2D eigenvalue weighted by Gasteiger charge is 2.21. The minimum atomic E-state index is -1.04. The van der Waals surface area contributed by atoms with E-state index >= 15 is 0 Å². The van der Waals surface area contributed by atoms with Crippen molar-refractivity contribution in [1.82, 2.24) is 5.32 Å². The van der Waals surface area contributed by atoms with E-state index in [4.69, 9.17) is 5.11 Å². The number of aliphatic carboxylic acids is 1. The Labute approximate surface area is 142 Å². The first kappa shape index (κ1) is 18.2. The third kappa shape index (κ3) is 4.91. The number of carbonyl (C=O) groups is 3. The molecule has 0 bridgehead atoms. The van der Waals surface area contributed by atoms with Gasteiger partial charge in [0.05, 0.1) is 0 Å². The zero-order chi connectivity index (χ0) is 17.7. The van der Waals surface area contributed by atoms with Crippen molar-refractivity contribution in [2.75, 3.05) is 0 Å². The second kappa shape index (κ2) is 8.08. The van der Waals surface area contributed by atoms with Crippen LogP contribution >= 0.6 is 0 Å². The van der Waals surface area contributed by atoms with Gasteiger partial charge in [0, 0.05) is 18.4 Å². The molecule has 0 saturated carbocycles. The summed E-state index contributed by atoms with van der Waals surface area (Å²) in [5.74, 6) is -1.34. The van der Waals surface area contributed by atoms with Crippen molar-refractivity contribution in [1.29, 1.82) is 0 Å². The van der Waals surface area contributed by atoms with E-state index in [-0.39, 0.29) is 24.5 Å². The number of carboxylic acids is 1. The molecule has 0 aliphatic heterocycles. The highest BCUT2D eigenvalue weighted by Crippen LogP contribution is 2.23. The molecule has 0 saturated heterocycles. The van der Waals surface area contributed by atoms with Crippen molar-refractivity contribution in [2.24, 2.45) is 5.92 Å². The van der Waals surface area contributed by atoms with Crippen molar-refractivity contribution in [3.8, 4) is 0 Å². The van der Waals surface area contributed by atoms with Crippen molar-refractivity contribution >= 4 is 17.7 Å². The third-order valence-electron chi connectivity index (χ3n) is 4.34. The smallest absolute Gasteiger partial charge is 0.326 e. The average Bonchev–Trinajstić information content (AvgIpc) is 2.98. The number of fused-ring (bicyclic) bond motifs is 1. The standard InChI is InChI=1S/C19H25NO4/c1-12(2)10-16(19(23)24)20-18(22)9-8-17(21)15-7-6-13-4-3-5-14(13)11-15/h6-7,11-12,16H,3-5,8-10H2,1-2H3,(H,20,22)(H,23,24)/t16-/m0/s1. The summed E-state index contributed by atoms with van der Waals surface area (Å²) in [6.45, 7) is 3.80. The number of carboxylic acid groups (broad SMARTS) is 1. The lowest BCUT2D eigenvalue weighted by atomic mass is 10.0. The average molecular weight is 331 g/mol. The monoisotopic (exact) mass is 331 g/mol. The first-order valence-electron chi connectivity index (χ1n) is 8.54. The molecule has 0 spiro atoms. The molecule has 1 aliphatic carbocycles. The Morgan fingerprint density at radius 2 is 1.83 bits per heavy atom. The molecule has 5 nitrogen and oxygen atoms in total. The fourth-order valence-electron chi connectivity index (χ4n) is 3.08. The summed E-state index contributed by atoms with van der Waals surface area (Å²) in [4.78, 5) is 35.3. The molecule has 1 aliphatic rings. The van der Waals surface area contributed by atoms with Crippen molar-refractivity contribution in [3.63, 3.8) is 0 Å². The molecule has 130 valence electrons. The number of rotatable bonds is 8. The quantitative estimate of drug-likeness (QED) is 0.718. The van der Waals surface area contributed by atoms with Crippen LogP contribution in [0.3, 0.4) is 0 Å². The Bertz CT molecular complexity index is 636. The van der Waals surface area contributed by atoms with E-state index < -0.39 is 17.9 Å². The molecular formula is C19H25NO4. The van der Waals surface area contributed by atoms with Gasteiger partial charge in [0.25, 0.3) is 0 Å². The van der Waals surface area contributed by atoms with Crippen LogP contribution in [0.4, 0.5) is 0 Å². The van der Waals surface area contributed by atoms with Crippen molar-refractivity contribution < 1.29 is 19.5 Å². The van der Waals surface area contributed by atoms with Crippen molar-refractivity contribution in [2.45, 2.75) is 58.4 Å². The summed E-state index contributed by atoms with van der Waals surface area (Å²) in [5, 5.41) is 11.6. The summed E-state index contributed by atoms with van der Waals surface area (Å²) >= 11 is 0. The van der Waals surface area contributed by atoms with Gasteiger partial charge in [0.15, 0.2) is 5.78 Å². The summed E-state index contributed by atoms with van der Waals surface area (Å²) < 4.78 is 0. The zero-order valence-corrected chi connectivity index (χ0v) is 14.3. The number of amides is 1. The van der Waals surface area contributed by atoms with Crippen LogP contribution in [0.5, 0.6) is 0 Å². The van der Waals surface area contributed by atoms with Crippen LogP contribution < -0.4 is 5.32 Å². The fourth-order valence-corrected chi connectivity index (χ4v) is 3.08. The number of hydrogen-bond acceptors (Lipinski definition) is 3. The van der Waals surface area contributed by atoms with Crippen LogP contribution in [0.2, 0.25) is 0 Å². The number of aryl methyl sites for hydroxylation is 2. The van der Waals surface area contributed by atoms with Gasteiger partial charge in [0.2, 0.25) is 5.91 Å². The minimum Gasteiger partial charge on any atom is -0.480 e. The Kier molecular flexibility index (Phi) is 6.12. The molecular weight excluding hydrogens is 306 g/mol. The molecule has 24 heavy (non-hydrogen) atoms. The van der Waals surface area contributed by atoms with Crippen LogP contribution in [0.1, 0.15) is 61.0 Å². The van der Waals surface area contributed by atoms with Gasteiger partial charge in [-0.15, -0.1) is 0 Å². The predicted octanol–water partition coefficient (Wildman–Crippen LogP) is 2.75. The molecule has 1 aromatic carbocycles. The number of Topliss-reactive ketones (excluding diaryl/α,β-unsaturated/α-hetero) is 1. The molecule has 2 N–H and O–H groups in total. The second-order valence-electron chi connectivity index (χ2n) is 6.85. The Morgan fingerprint density at radius 1 is 1.12 bits per heavy atom. The highest BCUT2D eigenvalue weighted by molar-refractivity contribution is 5.98. The molecule has 1 atom stereocenters. The van der Waals surface area contributed by atoms with E-state index in [1.807, 2.05) is 32.0 Å². The third-order valence-corrected chi connectivity index (χ3v) is 4.34. The Morgan fingerprint density at radius 3 is 2.50 bits per heavy atom. The topological polar surface area (TPSA) is 83.5 Å². The van der Waals surface area contributed by atoms with Gasteiger partial charge in [-0.3, -0.25) is 9.59 Å². The molecule has 0 aromatic heterocycles. The van der Waals surface area contributed by atoms with E-state index in [0.717, 1.165) is 19.3 Å². The van der Waals surface area contributed by atoms with Gasteiger partial charge in [-0.05, 0) is 48.8 Å². The number of hydrogen-bond donors (Lipinski definition) is 2. The summed E-state index contributed by atoms with van der Waals surface area (Å²) in [5.41, 5.74) is 3.18. The number of nitrogens with one attached hydrogen (secondary N) is 1. The molecule has 1 aromatic rings. The second-order valence-corrected chi connectivity index (χ2v) is 6.85. The van der Waals surface area contributed by atoms with Gasteiger partial charge < -0.3 is 10.4 Å². The molecule has 2 rings (SSSR count). The molecule has 5 heteroatoms. The predicted molar refractivity (Wildman–Crippen MR) is 91.1 cm³/mol. The molecule has 0 unspecified atom stereocenters. The highest BCUT2D eigenvalue weighted by atomic mass is 16.4. The number of carbonyl (C=O) groups excluding carboxylic acids is 2. The lowest BCUT2D eigenvalue weighted by molar-refractivity contribution is -0.142. The van der Waals surface area contributed by atoms with Gasteiger partial charge in [-0.25, -0.2) is 4.79 Å². The van der Waals surface area contributed by atoms with E-state index in [9.17, 15) is 14.4 Å². The molecule has 0 heterocycles. The lowest BCUT2D eigenvalue weighted by Gasteiger charge is -2.16. The molecule has 0 fully saturated rings. The van der Waals surface area contributed by atoms with E-state index in [1.54, 1.807) is 0 Å². The van der Waals surface area contributed by atoms with Gasteiger partial charge in [0.1, 0.15) is 6.04 Å². The van der Waals surface area contributed by atoms with Gasteiger partial charge in [-0.2, -0.15) is 0 Å². The maximum Gasteiger partial charge on any atom is 0.326 e. The normalized spacial score (nSPS) is 14.3. The van der Waals surface area contributed by atoms with Crippen LogP contribution in [-0.4, -0.2) is 28.8 Å². The van der Waals surface area contributed by atoms with Crippen LogP contribution in [0, 0.1) is 5.92 Å². The van der Waals surface area contributed by atoms with Crippen molar-refractivity contribution in [3.05, 3.63) is 34.9 Å². The molecule has 0 radical (unpaired) electrons. The number of benzene rings is 1. The van der Waals surface area contributed by atoms with E-state index in [1.165, 1.54) is 11.1 Å².